The lowest BCUT2D eigenvalue weighted by molar-refractivity contribution is -0.139. The van der Waals surface area contributed by atoms with Gasteiger partial charge in [0.25, 0.3) is 0 Å². The molecule has 0 saturated carbocycles. The molecule has 0 N–H and O–H groups in total. The molecule has 3 nitrogen and oxygen atoms in total. The number of thiol groups is 1. The van der Waals surface area contributed by atoms with Crippen molar-refractivity contribution in [3.8, 4) is 6.07 Å². The summed E-state index contributed by atoms with van der Waals surface area (Å²) in [4.78, 5) is 10.9. The van der Waals surface area contributed by atoms with Gasteiger partial charge < -0.3 is 4.74 Å². The molecule has 0 atom stereocenters. The predicted molar refractivity (Wildman–Crippen MR) is 59.4 cm³/mol. The molecule has 0 radical (unpaired) electrons. The minimum atomic E-state index is -4.63. The van der Waals surface area contributed by atoms with Gasteiger partial charge in [-0.05, 0) is 19.1 Å². The molecule has 0 spiro atoms. The molecular weight excluding hydrogens is 267 g/mol. The van der Waals surface area contributed by atoms with E-state index in [2.05, 4.69) is 17.4 Å². The number of rotatable bonds is 2. The molecule has 1 aromatic rings. The van der Waals surface area contributed by atoms with Crippen molar-refractivity contribution in [3.05, 3.63) is 28.8 Å². The lowest BCUT2D eigenvalue weighted by atomic mass is 10.0. The summed E-state index contributed by atoms with van der Waals surface area (Å²) in [5, 5.41) is 8.83. The van der Waals surface area contributed by atoms with E-state index < -0.39 is 28.2 Å². The summed E-state index contributed by atoms with van der Waals surface area (Å²) >= 11 is 3.67. The first kappa shape index (κ1) is 14.4. The third kappa shape index (κ3) is 2.76. The molecule has 0 amide bonds. The van der Waals surface area contributed by atoms with Crippen LogP contribution in [0.25, 0.3) is 0 Å². The van der Waals surface area contributed by atoms with E-state index >= 15 is 0 Å². The number of carbonyl (C=O) groups excluding carboxylic acids is 1. The summed E-state index contributed by atoms with van der Waals surface area (Å²) < 4.78 is 42.4. The highest BCUT2D eigenvalue weighted by atomic mass is 32.1. The fraction of sp³-hybridized carbons (Fsp3) is 0.273. The van der Waals surface area contributed by atoms with Crippen LogP contribution in [0.4, 0.5) is 13.2 Å². The molecule has 0 unspecified atom stereocenters. The Morgan fingerprint density at radius 2 is 2.11 bits per heavy atom. The lowest BCUT2D eigenvalue weighted by Crippen LogP contribution is -2.12. The van der Waals surface area contributed by atoms with E-state index in [9.17, 15) is 18.0 Å². The summed E-state index contributed by atoms with van der Waals surface area (Å²) in [6.07, 6.45) is -4.63. The van der Waals surface area contributed by atoms with Crippen LogP contribution in [-0.4, -0.2) is 12.6 Å². The average Bonchev–Trinajstić information content (AvgIpc) is 2.27. The van der Waals surface area contributed by atoms with Crippen LogP contribution in [0.2, 0.25) is 0 Å². The topological polar surface area (TPSA) is 50.1 Å². The SMILES string of the molecule is CCOC(=O)c1ccc(C(F)(F)F)c(S)c1C#N. The maximum absolute atomic E-state index is 12.6. The highest BCUT2D eigenvalue weighted by molar-refractivity contribution is 7.80. The van der Waals surface area contributed by atoms with Crippen LogP contribution in [0.15, 0.2) is 17.0 Å². The zero-order chi connectivity index (χ0) is 13.9. The van der Waals surface area contributed by atoms with Crippen LogP contribution < -0.4 is 0 Å². The third-order valence-electron chi connectivity index (χ3n) is 2.09. The van der Waals surface area contributed by atoms with E-state index in [0.717, 1.165) is 6.07 Å². The molecule has 96 valence electrons. The van der Waals surface area contributed by atoms with Gasteiger partial charge in [-0.3, -0.25) is 0 Å². The van der Waals surface area contributed by atoms with Crippen LogP contribution in [0.1, 0.15) is 28.4 Å². The second-order valence-electron chi connectivity index (χ2n) is 3.21. The van der Waals surface area contributed by atoms with Crippen molar-refractivity contribution in [2.75, 3.05) is 6.61 Å². The lowest BCUT2D eigenvalue weighted by Gasteiger charge is -2.12. The van der Waals surface area contributed by atoms with Crippen LogP contribution in [-0.2, 0) is 10.9 Å². The number of benzene rings is 1. The number of ether oxygens (including phenoxy) is 1. The first-order chi connectivity index (χ1) is 8.32. The predicted octanol–water partition coefficient (Wildman–Crippen LogP) is 3.04. The van der Waals surface area contributed by atoms with Gasteiger partial charge in [0.2, 0.25) is 0 Å². The summed E-state index contributed by atoms with van der Waals surface area (Å²) in [7, 11) is 0. The first-order valence-electron chi connectivity index (χ1n) is 4.83. The molecule has 0 aromatic heterocycles. The minimum absolute atomic E-state index is 0.0621. The Hall–Kier alpha value is -1.68. The summed E-state index contributed by atoms with van der Waals surface area (Å²) in [5.74, 6) is -0.849. The largest absolute Gasteiger partial charge is 0.462 e. The van der Waals surface area contributed by atoms with E-state index in [1.165, 1.54) is 6.07 Å². The maximum Gasteiger partial charge on any atom is 0.417 e. The zero-order valence-corrected chi connectivity index (χ0v) is 10.1. The van der Waals surface area contributed by atoms with Crippen LogP contribution >= 0.6 is 12.6 Å². The average molecular weight is 275 g/mol. The van der Waals surface area contributed by atoms with Crippen molar-refractivity contribution >= 4 is 18.6 Å². The fourth-order valence-electron chi connectivity index (χ4n) is 1.31. The van der Waals surface area contributed by atoms with Gasteiger partial charge in [-0.2, -0.15) is 18.4 Å². The van der Waals surface area contributed by atoms with E-state index in [0.29, 0.717) is 6.07 Å². The van der Waals surface area contributed by atoms with E-state index in [1.807, 2.05) is 0 Å². The molecule has 0 aliphatic heterocycles. The maximum atomic E-state index is 12.6. The molecule has 0 aliphatic carbocycles. The number of nitrogens with zero attached hydrogens (tertiary/aromatic N) is 1. The number of carbonyl (C=O) groups is 1. The van der Waals surface area contributed by atoms with Gasteiger partial charge in [0.1, 0.15) is 6.07 Å². The molecule has 0 fully saturated rings. The fourth-order valence-corrected chi connectivity index (χ4v) is 1.68. The van der Waals surface area contributed by atoms with Crippen LogP contribution in [0.3, 0.4) is 0 Å². The monoisotopic (exact) mass is 275 g/mol. The minimum Gasteiger partial charge on any atom is -0.462 e. The van der Waals surface area contributed by atoms with Gasteiger partial charge in [0.15, 0.2) is 0 Å². The molecule has 1 rings (SSSR count). The molecule has 1 aromatic carbocycles. The summed E-state index contributed by atoms with van der Waals surface area (Å²) in [5.41, 5.74) is -1.72. The molecule has 18 heavy (non-hydrogen) atoms. The number of alkyl halides is 3. The number of halogens is 3. The molecule has 0 bridgehead atoms. The smallest absolute Gasteiger partial charge is 0.417 e. The molecule has 0 saturated heterocycles. The van der Waals surface area contributed by atoms with E-state index in [1.54, 1.807) is 6.92 Å². The Morgan fingerprint density at radius 1 is 1.50 bits per heavy atom. The second-order valence-corrected chi connectivity index (χ2v) is 3.66. The Bertz CT molecular complexity index is 520. The van der Waals surface area contributed by atoms with Crippen molar-refractivity contribution in [2.45, 2.75) is 18.0 Å². The number of nitriles is 1. The van der Waals surface area contributed by atoms with Crippen molar-refractivity contribution in [2.24, 2.45) is 0 Å². The van der Waals surface area contributed by atoms with Gasteiger partial charge in [-0.1, -0.05) is 0 Å². The normalized spacial score (nSPS) is 10.9. The Balaban J connectivity index is 3.40. The van der Waals surface area contributed by atoms with Gasteiger partial charge in [-0.15, -0.1) is 12.6 Å². The van der Waals surface area contributed by atoms with Crippen molar-refractivity contribution < 1.29 is 22.7 Å². The van der Waals surface area contributed by atoms with Gasteiger partial charge in [0, 0.05) is 4.90 Å². The van der Waals surface area contributed by atoms with Gasteiger partial charge in [-0.25, -0.2) is 4.79 Å². The van der Waals surface area contributed by atoms with E-state index in [-0.39, 0.29) is 12.2 Å². The molecule has 7 heteroatoms. The number of esters is 1. The zero-order valence-electron chi connectivity index (χ0n) is 9.21. The van der Waals surface area contributed by atoms with E-state index in [4.69, 9.17) is 5.26 Å². The van der Waals surface area contributed by atoms with Crippen molar-refractivity contribution in [3.63, 3.8) is 0 Å². The summed E-state index contributed by atoms with van der Waals surface area (Å²) in [6.45, 7) is 1.61. The first-order valence-corrected chi connectivity index (χ1v) is 5.28. The Labute approximate surface area is 107 Å². The Kier molecular flexibility index (Phi) is 4.24. The molecular formula is C11H8F3NO2S. The highest BCUT2D eigenvalue weighted by Gasteiger charge is 2.35. The molecule has 0 heterocycles. The highest BCUT2D eigenvalue weighted by Crippen LogP contribution is 2.36. The number of hydrogen-bond acceptors (Lipinski definition) is 4. The van der Waals surface area contributed by atoms with Crippen LogP contribution in [0.5, 0.6) is 0 Å². The van der Waals surface area contributed by atoms with Crippen molar-refractivity contribution in [1.82, 2.24) is 0 Å². The Morgan fingerprint density at radius 3 is 2.56 bits per heavy atom. The summed E-state index contributed by atoms with van der Waals surface area (Å²) in [6, 6.07) is 3.16. The van der Waals surface area contributed by atoms with Gasteiger partial charge >= 0.3 is 12.1 Å². The van der Waals surface area contributed by atoms with Gasteiger partial charge in [0.05, 0.1) is 23.3 Å². The standard InChI is InChI=1S/C11H8F3NO2S/c1-2-17-10(16)6-3-4-8(11(12,13)14)9(18)7(6)5-15/h3-4,18H,2H2,1H3. The van der Waals surface area contributed by atoms with Crippen molar-refractivity contribution in [1.29, 1.82) is 5.26 Å². The van der Waals surface area contributed by atoms with Crippen LogP contribution in [0, 0.1) is 11.3 Å². The number of hydrogen-bond donors (Lipinski definition) is 1. The second kappa shape index (κ2) is 5.31. The molecule has 0 aliphatic rings. The quantitative estimate of drug-likeness (QED) is 0.666. The third-order valence-corrected chi connectivity index (χ3v) is 2.55.